The molecule has 2 atom stereocenters. The van der Waals surface area contributed by atoms with E-state index >= 15 is 0 Å². The van der Waals surface area contributed by atoms with Crippen LogP contribution in [0.25, 0.3) is 0 Å². The van der Waals surface area contributed by atoms with Gasteiger partial charge in [-0.25, -0.2) is 4.79 Å². The lowest BCUT2D eigenvalue weighted by Gasteiger charge is -2.19. The van der Waals surface area contributed by atoms with Crippen LogP contribution in [0.1, 0.15) is 31.2 Å². The minimum Gasteiger partial charge on any atom is -0.438 e. The van der Waals surface area contributed by atoms with E-state index in [4.69, 9.17) is 4.74 Å². The second-order valence-electron chi connectivity index (χ2n) is 3.75. The molecule has 1 aliphatic heterocycles. The van der Waals surface area contributed by atoms with E-state index in [0.29, 0.717) is 0 Å². The quantitative estimate of drug-likeness (QED) is 0.791. The predicted octanol–water partition coefficient (Wildman–Crippen LogP) is 3.04. The van der Waals surface area contributed by atoms with E-state index in [1.807, 2.05) is 29.3 Å². The summed E-state index contributed by atoms with van der Waals surface area (Å²) in [6, 6.07) is 4.16. The normalized spacial score (nSPS) is 25.7. The van der Waals surface area contributed by atoms with Gasteiger partial charge in [-0.2, -0.15) is 0 Å². The third-order valence-electron chi connectivity index (χ3n) is 2.68. The van der Waals surface area contributed by atoms with Crippen molar-refractivity contribution >= 4 is 17.4 Å². The monoisotopic (exact) mass is 225 g/mol. The Morgan fingerprint density at radius 3 is 3.00 bits per heavy atom. The first-order valence-corrected chi connectivity index (χ1v) is 6.12. The molecule has 0 N–H and O–H groups in total. The average Bonchev–Trinajstić information content (AvgIpc) is 2.81. The molecule has 0 aromatic carbocycles. The second-order valence-corrected chi connectivity index (χ2v) is 4.73. The van der Waals surface area contributed by atoms with Crippen molar-refractivity contribution in [2.45, 2.75) is 32.4 Å². The van der Waals surface area contributed by atoms with Crippen molar-refractivity contribution in [2.24, 2.45) is 0 Å². The summed E-state index contributed by atoms with van der Waals surface area (Å²) in [6.45, 7) is 4.89. The Morgan fingerprint density at radius 2 is 2.40 bits per heavy atom. The molecule has 0 radical (unpaired) electrons. The molecule has 0 unspecified atom stereocenters. The van der Waals surface area contributed by atoms with Gasteiger partial charge >= 0.3 is 6.09 Å². The van der Waals surface area contributed by atoms with Gasteiger partial charge in [0.05, 0.1) is 6.04 Å². The number of nitrogens with zero attached hydrogens (tertiary/aromatic N) is 1. The van der Waals surface area contributed by atoms with Crippen molar-refractivity contribution in [3.63, 3.8) is 0 Å². The molecule has 1 amide bonds. The molecule has 1 aromatic heterocycles. The lowest BCUT2D eigenvalue weighted by atomic mass is 10.1. The number of carbonyl (C=O) groups is 1. The Balaban J connectivity index is 2.14. The molecule has 82 valence electrons. The van der Waals surface area contributed by atoms with Crippen molar-refractivity contribution in [1.29, 1.82) is 0 Å². The minimum absolute atomic E-state index is 0.0796. The van der Waals surface area contributed by atoms with Crippen LogP contribution in [-0.4, -0.2) is 23.6 Å². The fourth-order valence-corrected chi connectivity index (χ4v) is 2.74. The molecule has 3 nitrogen and oxygen atoms in total. The summed E-state index contributed by atoms with van der Waals surface area (Å²) >= 11 is 1.64. The summed E-state index contributed by atoms with van der Waals surface area (Å²) in [5.74, 6) is 0. The van der Waals surface area contributed by atoms with Crippen LogP contribution < -0.4 is 0 Å². The van der Waals surface area contributed by atoms with E-state index in [-0.39, 0.29) is 18.2 Å². The molecule has 1 aromatic rings. The summed E-state index contributed by atoms with van der Waals surface area (Å²) in [5, 5.41) is 2.01. The predicted molar refractivity (Wildman–Crippen MR) is 60.0 cm³/mol. The highest BCUT2D eigenvalue weighted by Crippen LogP contribution is 2.34. The number of rotatable bonds is 3. The van der Waals surface area contributed by atoms with Crippen LogP contribution in [0.5, 0.6) is 0 Å². The molecule has 4 heteroatoms. The first kappa shape index (κ1) is 10.5. The Kier molecular flexibility index (Phi) is 2.95. The number of hydrogen-bond donors (Lipinski definition) is 0. The molecule has 0 bridgehead atoms. The van der Waals surface area contributed by atoms with Gasteiger partial charge in [-0.3, -0.25) is 0 Å². The number of amides is 1. The Morgan fingerprint density at radius 1 is 1.60 bits per heavy atom. The molecule has 1 aliphatic rings. The zero-order valence-corrected chi connectivity index (χ0v) is 9.79. The summed E-state index contributed by atoms with van der Waals surface area (Å²) in [7, 11) is 0. The van der Waals surface area contributed by atoms with Crippen LogP contribution >= 0.6 is 11.3 Å². The third kappa shape index (κ3) is 1.86. The van der Waals surface area contributed by atoms with E-state index in [1.165, 1.54) is 0 Å². The SMILES string of the molecule is CCCN1C(=O)O[C@H](c2cccs2)[C@@H]1C. The van der Waals surface area contributed by atoms with Gasteiger partial charge in [0.25, 0.3) is 0 Å². The highest BCUT2D eigenvalue weighted by Gasteiger charge is 2.39. The minimum atomic E-state index is -0.178. The number of carbonyl (C=O) groups excluding carboxylic acids is 1. The van der Waals surface area contributed by atoms with Gasteiger partial charge in [0.2, 0.25) is 0 Å². The molecule has 0 aliphatic carbocycles. The molecule has 0 saturated carbocycles. The van der Waals surface area contributed by atoms with Crippen molar-refractivity contribution in [3.8, 4) is 0 Å². The fraction of sp³-hybridized carbons (Fsp3) is 0.545. The molecular weight excluding hydrogens is 210 g/mol. The van der Waals surface area contributed by atoms with E-state index < -0.39 is 0 Å². The summed E-state index contributed by atoms with van der Waals surface area (Å²) in [6.07, 6.45) is 0.711. The van der Waals surface area contributed by atoms with E-state index in [1.54, 1.807) is 11.3 Å². The van der Waals surface area contributed by atoms with Gasteiger partial charge in [0, 0.05) is 11.4 Å². The maximum absolute atomic E-state index is 11.6. The first-order valence-electron chi connectivity index (χ1n) is 5.24. The molecular formula is C11H15NO2S. The topological polar surface area (TPSA) is 29.5 Å². The van der Waals surface area contributed by atoms with Gasteiger partial charge in [-0.1, -0.05) is 13.0 Å². The van der Waals surface area contributed by atoms with E-state index in [2.05, 4.69) is 6.92 Å². The Labute approximate surface area is 93.7 Å². The number of cyclic esters (lactones) is 1. The lowest BCUT2D eigenvalue weighted by molar-refractivity contribution is 0.132. The highest BCUT2D eigenvalue weighted by molar-refractivity contribution is 7.10. The standard InChI is InChI=1S/C11H15NO2S/c1-3-6-12-8(2)10(14-11(12)13)9-5-4-7-15-9/h4-5,7-8,10H,3,6H2,1-2H3/t8-,10-/m0/s1. The van der Waals surface area contributed by atoms with Crippen LogP contribution in [0.3, 0.4) is 0 Å². The Bertz CT molecular complexity index is 336. The molecule has 1 fully saturated rings. The lowest BCUT2D eigenvalue weighted by Crippen LogP contribution is -2.32. The Hall–Kier alpha value is -1.03. The van der Waals surface area contributed by atoms with Gasteiger partial charge in [-0.05, 0) is 24.8 Å². The maximum Gasteiger partial charge on any atom is 0.410 e. The maximum atomic E-state index is 11.6. The molecule has 1 saturated heterocycles. The number of ether oxygens (including phenoxy) is 1. The smallest absolute Gasteiger partial charge is 0.410 e. The molecule has 0 spiro atoms. The summed E-state index contributed by atoms with van der Waals surface area (Å²) < 4.78 is 5.38. The molecule has 2 rings (SSSR count). The molecule has 15 heavy (non-hydrogen) atoms. The number of hydrogen-bond acceptors (Lipinski definition) is 3. The van der Waals surface area contributed by atoms with Crippen molar-refractivity contribution in [1.82, 2.24) is 4.90 Å². The summed E-state index contributed by atoms with van der Waals surface area (Å²) in [4.78, 5) is 14.5. The van der Waals surface area contributed by atoms with Crippen LogP contribution in [0.2, 0.25) is 0 Å². The summed E-state index contributed by atoms with van der Waals surface area (Å²) in [5.41, 5.74) is 0. The second kappa shape index (κ2) is 4.23. The zero-order valence-electron chi connectivity index (χ0n) is 8.97. The van der Waals surface area contributed by atoms with Crippen molar-refractivity contribution < 1.29 is 9.53 Å². The van der Waals surface area contributed by atoms with Crippen LogP contribution in [0, 0.1) is 0 Å². The van der Waals surface area contributed by atoms with Crippen LogP contribution in [-0.2, 0) is 4.74 Å². The third-order valence-corrected chi connectivity index (χ3v) is 3.61. The highest BCUT2D eigenvalue weighted by atomic mass is 32.1. The van der Waals surface area contributed by atoms with E-state index in [9.17, 15) is 4.79 Å². The van der Waals surface area contributed by atoms with Crippen molar-refractivity contribution in [2.75, 3.05) is 6.54 Å². The van der Waals surface area contributed by atoms with Gasteiger partial charge < -0.3 is 9.64 Å². The van der Waals surface area contributed by atoms with E-state index in [0.717, 1.165) is 17.8 Å². The first-order chi connectivity index (χ1) is 7.24. The van der Waals surface area contributed by atoms with Crippen molar-refractivity contribution in [3.05, 3.63) is 22.4 Å². The van der Waals surface area contributed by atoms with Gasteiger partial charge in [0.1, 0.15) is 0 Å². The number of thiophene rings is 1. The van der Waals surface area contributed by atoms with Crippen LogP contribution in [0.15, 0.2) is 17.5 Å². The fourth-order valence-electron chi connectivity index (χ4n) is 1.89. The zero-order chi connectivity index (χ0) is 10.8. The van der Waals surface area contributed by atoms with Crippen LogP contribution in [0.4, 0.5) is 4.79 Å². The average molecular weight is 225 g/mol. The molecule has 2 heterocycles. The largest absolute Gasteiger partial charge is 0.438 e. The van der Waals surface area contributed by atoms with Gasteiger partial charge in [-0.15, -0.1) is 11.3 Å². The van der Waals surface area contributed by atoms with Gasteiger partial charge in [0.15, 0.2) is 6.10 Å².